The summed E-state index contributed by atoms with van der Waals surface area (Å²) in [7, 11) is 3.76. The average molecular weight is 473 g/mol. The number of aryl methyl sites for hydroxylation is 2. The molecule has 1 aromatic carbocycles. The van der Waals surface area contributed by atoms with E-state index in [1.165, 1.54) is 10.4 Å². The zero-order valence-electron chi connectivity index (χ0n) is 18.9. The number of benzene rings is 1. The Labute approximate surface area is 199 Å². The Morgan fingerprint density at radius 3 is 3.09 bits per heavy atom. The molecule has 4 heterocycles. The van der Waals surface area contributed by atoms with Crippen molar-refractivity contribution in [1.29, 1.82) is 0 Å². The highest BCUT2D eigenvalue weighted by molar-refractivity contribution is 7.19. The first kappa shape index (κ1) is 20.8. The fourth-order valence-electron chi connectivity index (χ4n) is 4.79. The molecule has 5 aromatic rings. The fraction of sp³-hybridized carbons (Fsp3) is 0.292. The van der Waals surface area contributed by atoms with Crippen LogP contribution in [0.4, 0.5) is 11.5 Å². The van der Waals surface area contributed by atoms with Gasteiger partial charge in [0, 0.05) is 54.3 Å². The van der Waals surface area contributed by atoms with E-state index >= 15 is 0 Å². The molecule has 1 unspecified atom stereocenters. The molecule has 9 nitrogen and oxygen atoms in total. The van der Waals surface area contributed by atoms with Gasteiger partial charge in [0.25, 0.3) is 0 Å². The van der Waals surface area contributed by atoms with E-state index in [9.17, 15) is 4.79 Å². The maximum Gasteiger partial charge on any atom is 0.226 e. The molecule has 1 amide bonds. The highest BCUT2D eigenvalue weighted by Crippen LogP contribution is 2.41. The Morgan fingerprint density at radius 2 is 2.24 bits per heavy atom. The van der Waals surface area contributed by atoms with Gasteiger partial charge in [-0.2, -0.15) is 10.2 Å². The van der Waals surface area contributed by atoms with Gasteiger partial charge < -0.3 is 10.2 Å². The number of rotatable bonds is 5. The summed E-state index contributed by atoms with van der Waals surface area (Å²) < 4.78 is 1.76. The summed E-state index contributed by atoms with van der Waals surface area (Å²) in [5.41, 5.74) is 4.26. The third kappa shape index (κ3) is 3.69. The zero-order valence-corrected chi connectivity index (χ0v) is 19.8. The van der Waals surface area contributed by atoms with E-state index in [1.807, 2.05) is 49.7 Å². The number of aromatic amines is 1. The van der Waals surface area contributed by atoms with Crippen molar-refractivity contribution < 1.29 is 4.79 Å². The quantitative estimate of drug-likeness (QED) is 0.403. The first-order valence-corrected chi connectivity index (χ1v) is 12.0. The van der Waals surface area contributed by atoms with Crippen LogP contribution < -0.4 is 5.32 Å². The smallest absolute Gasteiger partial charge is 0.226 e. The first-order chi connectivity index (χ1) is 16.5. The highest BCUT2D eigenvalue weighted by atomic mass is 32.1. The average Bonchev–Trinajstić information content (AvgIpc) is 3.56. The minimum Gasteiger partial charge on any atom is -0.341 e. The van der Waals surface area contributed by atoms with Crippen molar-refractivity contribution in [2.24, 2.45) is 13.0 Å². The molecule has 1 aliphatic rings. The number of carbonyl (C=O) groups excluding carboxylic acids is 1. The van der Waals surface area contributed by atoms with Gasteiger partial charge in [-0.1, -0.05) is 0 Å². The van der Waals surface area contributed by atoms with Crippen LogP contribution in [0.2, 0.25) is 0 Å². The van der Waals surface area contributed by atoms with Crippen molar-refractivity contribution in [3.63, 3.8) is 0 Å². The van der Waals surface area contributed by atoms with Crippen LogP contribution in [-0.2, 0) is 31.2 Å². The van der Waals surface area contributed by atoms with Gasteiger partial charge in [0.15, 0.2) is 0 Å². The van der Waals surface area contributed by atoms with Crippen LogP contribution in [-0.4, -0.2) is 47.8 Å². The van der Waals surface area contributed by atoms with E-state index in [0.29, 0.717) is 6.54 Å². The van der Waals surface area contributed by atoms with Crippen molar-refractivity contribution >= 4 is 49.9 Å². The predicted molar refractivity (Wildman–Crippen MR) is 132 cm³/mol. The van der Waals surface area contributed by atoms with Gasteiger partial charge >= 0.3 is 0 Å². The maximum absolute atomic E-state index is 13.2. The number of amides is 1. The number of thiophene rings is 1. The molecule has 1 aliphatic carbocycles. The number of hydrogen-bond donors (Lipinski definition) is 2. The summed E-state index contributed by atoms with van der Waals surface area (Å²) >= 11 is 1.68. The summed E-state index contributed by atoms with van der Waals surface area (Å²) in [5, 5.41) is 16.9. The van der Waals surface area contributed by atoms with E-state index in [0.717, 1.165) is 57.5 Å². The molecule has 0 fully saturated rings. The number of hydrogen-bond acceptors (Lipinski definition) is 7. The van der Waals surface area contributed by atoms with Gasteiger partial charge in [-0.15, -0.1) is 11.3 Å². The summed E-state index contributed by atoms with van der Waals surface area (Å²) in [6.45, 7) is 0.572. The highest BCUT2D eigenvalue weighted by Gasteiger charge is 2.30. The molecule has 0 aliphatic heterocycles. The molecule has 0 spiro atoms. The molecule has 0 saturated heterocycles. The topological polar surface area (TPSA) is 105 Å². The van der Waals surface area contributed by atoms with E-state index in [2.05, 4.69) is 36.6 Å². The number of anilines is 2. The molecule has 34 heavy (non-hydrogen) atoms. The summed E-state index contributed by atoms with van der Waals surface area (Å²) in [6.07, 6.45) is 9.59. The van der Waals surface area contributed by atoms with Crippen molar-refractivity contribution in [3.8, 4) is 0 Å². The van der Waals surface area contributed by atoms with Gasteiger partial charge in [-0.05, 0) is 43.0 Å². The lowest BCUT2D eigenvalue weighted by atomic mass is 9.87. The van der Waals surface area contributed by atoms with Crippen molar-refractivity contribution in [1.82, 2.24) is 34.8 Å². The number of carbonyl (C=O) groups is 1. The summed E-state index contributed by atoms with van der Waals surface area (Å²) in [4.78, 5) is 26.3. The minimum atomic E-state index is -0.0184. The van der Waals surface area contributed by atoms with E-state index in [1.54, 1.807) is 22.3 Å². The Hall–Kier alpha value is -3.79. The van der Waals surface area contributed by atoms with Crippen LogP contribution in [0.25, 0.3) is 21.1 Å². The van der Waals surface area contributed by atoms with Crippen LogP contribution in [0.5, 0.6) is 0 Å². The molecule has 2 N–H and O–H groups in total. The first-order valence-electron chi connectivity index (χ1n) is 11.2. The van der Waals surface area contributed by atoms with Crippen LogP contribution in [0.3, 0.4) is 0 Å². The van der Waals surface area contributed by atoms with Crippen LogP contribution in [0.15, 0.2) is 43.1 Å². The number of fused-ring (bicyclic) bond motifs is 4. The van der Waals surface area contributed by atoms with Crippen molar-refractivity contribution in [2.75, 3.05) is 12.4 Å². The molecule has 0 saturated carbocycles. The van der Waals surface area contributed by atoms with E-state index < -0.39 is 0 Å². The molecule has 6 rings (SSSR count). The lowest BCUT2D eigenvalue weighted by Gasteiger charge is -2.26. The molecular formula is C24H24N8OS. The second-order valence-electron chi connectivity index (χ2n) is 8.86. The number of aromatic nitrogens is 6. The minimum absolute atomic E-state index is 0.0184. The molecule has 0 radical (unpaired) electrons. The van der Waals surface area contributed by atoms with E-state index in [4.69, 9.17) is 0 Å². The predicted octanol–water partition coefficient (Wildman–Crippen LogP) is 3.81. The standard InChI is InChI=1S/C24H24N8OS/c1-31(11-14-9-28-32(2)12-14)24(33)15-3-5-18-20(8-15)34-23-21(18)22(25-13-26-23)29-17-4-6-19-16(7-17)10-27-30-19/h4,6-7,9-10,12-13,15H,3,5,8,11H2,1-2H3,(H,27,30)(H,25,26,29). The van der Waals surface area contributed by atoms with Gasteiger partial charge in [-0.3, -0.25) is 14.6 Å². The van der Waals surface area contributed by atoms with Crippen molar-refractivity contribution in [3.05, 3.63) is 59.1 Å². The third-order valence-electron chi connectivity index (χ3n) is 6.45. The Morgan fingerprint density at radius 1 is 1.32 bits per heavy atom. The Kier molecular flexibility index (Phi) is 5.02. The Bertz CT molecular complexity index is 1520. The fourth-order valence-corrected chi connectivity index (χ4v) is 6.06. The maximum atomic E-state index is 13.2. The number of nitrogens with one attached hydrogen (secondary N) is 2. The van der Waals surface area contributed by atoms with Crippen LogP contribution in [0.1, 0.15) is 22.4 Å². The molecule has 4 aromatic heterocycles. The van der Waals surface area contributed by atoms with Crippen LogP contribution >= 0.6 is 11.3 Å². The summed E-state index contributed by atoms with van der Waals surface area (Å²) in [5.74, 6) is 0.976. The van der Waals surface area contributed by atoms with E-state index in [-0.39, 0.29) is 11.8 Å². The largest absolute Gasteiger partial charge is 0.341 e. The second-order valence-corrected chi connectivity index (χ2v) is 9.94. The van der Waals surface area contributed by atoms with Gasteiger partial charge in [-0.25, -0.2) is 9.97 Å². The van der Waals surface area contributed by atoms with Gasteiger partial charge in [0.2, 0.25) is 5.91 Å². The molecule has 172 valence electrons. The molecule has 0 bridgehead atoms. The monoisotopic (exact) mass is 472 g/mol. The SMILES string of the molecule is CN(Cc1cnn(C)c1)C(=O)C1CCc2c(sc3ncnc(Nc4ccc5[nH]ncc5c4)c23)C1. The lowest BCUT2D eigenvalue weighted by Crippen LogP contribution is -2.35. The lowest BCUT2D eigenvalue weighted by molar-refractivity contribution is -0.135. The normalized spacial score (nSPS) is 15.5. The number of H-pyrrole nitrogens is 1. The number of nitrogens with zero attached hydrogens (tertiary/aromatic N) is 6. The van der Waals surface area contributed by atoms with Gasteiger partial charge in [0.05, 0.1) is 23.3 Å². The Balaban J connectivity index is 1.24. The third-order valence-corrected chi connectivity index (χ3v) is 7.61. The zero-order chi connectivity index (χ0) is 23.2. The van der Waals surface area contributed by atoms with Crippen molar-refractivity contribution in [2.45, 2.75) is 25.8 Å². The molecule has 10 heteroatoms. The molecule has 1 atom stereocenters. The second kappa shape index (κ2) is 8.21. The summed E-state index contributed by atoms with van der Waals surface area (Å²) in [6, 6.07) is 6.07. The van der Waals surface area contributed by atoms with Gasteiger partial charge in [0.1, 0.15) is 17.0 Å². The molecular weight excluding hydrogens is 448 g/mol. The van der Waals surface area contributed by atoms with Crippen LogP contribution in [0, 0.1) is 5.92 Å².